The molecule has 0 N–H and O–H groups in total. The quantitative estimate of drug-likeness (QED) is 0.507. The van der Waals surface area contributed by atoms with Crippen LogP contribution in [0, 0.1) is 5.82 Å². The minimum atomic E-state index is -1.26. The number of imidazole rings is 1. The first-order chi connectivity index (χ1) is 13.5. The molecule has 140 valence electrons. The molecule has 0 fully saturated rings. The van der Waals surface area contributed by atoms with Crippen molar-refractivity contribution in [2.24, 2.45) is 7.05 Å². The monoisotopic (exact) mass is 391 g/mol. The molecule has 1 unspecified atom stereocenters. The number of pyridine rings is 1. The van der Waals surface area contributed by atoms with E-state index >= 15 is 0 Å². The van der Waals surface area contributed by atoms with E-state index < -0.39 is 10.8 Å². The van der Waals surface area contributed by atoms with Gasteiger partial charge >= 0.3 is 0 Å². The molecule has 0 aliphatic rings. The van der Waals surface area contributed by atoms with Crippen molar-refractivity contribution in [2.45, 2.75) is 5.16 Å². The summed E-state index contributed by atoms with van der Waals surface area (Å²) in [6.07, 6.45) is 3.35. The molecular weight excluding hydrogens is 373 g/mol. The standard InChI is InChI=1S/C22H18FN3OS/c1-26-21(17-12-13-24-19(14-17)15-6-4-3-5-7-15)20(25-22(26)28(2)27)16-8-10-18(23)11-9-16/h3-14H,1-2H3. The van der Waals surface area contributed by atoms with Gasteiger partial charge in [0.1, 0.15) is 5.82 Å². The molecular formula is C22H18FN3OS. The smallest absolute Gasteiger partial charge is 0.199 e. The van der Waals surface area contributed by atoms with Gasteiger partial charge in [0.15, 0.2) is 5.16 Å². The largest absolute Gasteiger partial charge is 0.320 e. The van der Waals surface area contributed by atoms with Gasteiger partial charge < -0.3 is 4.57 Å². The van der Waals surface area contributed by atoms with E-state index in [1.54, 1.807) is 24.6 Å². The van der Waals surface area contributed by atoms with Crippen LogP contribution < -0.4 is 0 Å². The number of rotatable bonds is 4. The maximum Gasteiger partial charge on any atom is 0.199 e. The maximum absolute atomic E-state index is 13.4. The van der Waals surface area contributed by atoms with Crippen molar-refractivity contribution in [2.75, 3.05) is 6.26 Å². The first kappa shape index (κ1) is 18.3. The van der Waals surface area contributed by atoms with Crippen molar-refractivity contribution in [1.82, 2.24) is 14.5 Å². The molecule has 0 bridgehead atoms. The Morgan fingerprint density at radius 2 is 1.64 bits per heavy atom. The third-order valence-electron chi connectivity index (χ3n) is 4.53. The van der Waals surface area contributed by atoms with Crippen LogP contribution in [-0.2, 0) is 17.8 Å². The van der Waals surface area contributed by atoms with Crippen LogP contribution in [0.15, 0.2) is 78.1 Å². The Balaban J connectivity index is 1.92. The van der Waals surface area contributed by atoms with Crippen molar-refractivity contribution >= 4 is 10.8 Å². The molecule has 0 aliphatic heterocycles. The second kappa shape index (κ2) is 7.48. The molecule has 2 heterocycles. The third kappa shape index (κ3) is 3.39. The van der Waals surface area contributed by atoms with E-state index in [2.05, 4.69) is 9.97 Å². The Bertz CT molecular complexity index is 1150. The lowest BCUT2D eigenvalue weighted by Crippen LogP contribution is -2.01. The van der Waals surface area contributed by atoms with Crippen LogP contribution in [0.25, 0.3) is 33.8 Å². The van der Waals surface area contributed by atoms with E-state index in [1.165, 1.54) is 12.1 Å². The molecule has 1 atom stereocenters. The number of halogens is 1. The van der Waals surface area contributed by atoms with Crippen molar-refractivity contribution in [3.63, 3.8) is 0 Å². The van der Waals surface area contributed by atoms with Crippen LogP contribution in [0.5, 0.6) is 0 Å². The molecule has 2 aromatic heterocycles. The lowest BCUT2D eigenvalue weighted by molar-refractivity contribution is 0.628. The molecule has 0 radical (unpaired) electrons. The van der Waals surface area contributed by atoms with E-state index in [0.717, 1.165) is 28.1 Å². The second-order valence-corrected chi connectivity index (χ2v) is 7.68. The zero-order valence-electron chi connectivity index (χ0n) is 15.5. The summed E-state index contributed by atoms with van der Waals surface area (Å²) in [4.78, 5) is 9.09. The molecule has 6 heteroatoms. The number of hydrogen-bond donors (Lipinski definition) is 0. The third-order valence-corrected chi connectivity index (χ3v) is 5.41. The highest BCUT2D eigenvalue weighted by Crippen LogP contribution is 2.34. The molecule has 4 aromatic rings. The van der Waals surface area contributed by atoms with Crippen molar-refractivity contribution in [3.05, 3.63) is 78.7 Å². The minimum absolute atomic E-state index is 0.309. The van der Waals surface area contributed by atoms with Gasteiger partial charge in [0.2, 0.25) is 0 Å². The molecule has 0 amide bonds. The Hall–Kier alpha value is -3.12. The van der Waals surface area contributed by atoms with Gasteiger partial charge in [-0.15, -0.1) is 0 Å². The molecule has 0 saturated carbocycles. The van der Waals surface area contributed by atoms with E-state index in [9.17, 15) is 8.60 Å². The van der Waals surface area contributed by atoms with Gasteiger partial charge in [-0.1, -0.05) is 30.3 Å². The highest BCUT2D eigenvalue weighted by Gasteiger charge is 2.20. The van der Waals surface area contributed by atoms with Gasteiger partial charge in [0.05, 0.1) is 27.9 Å². The topological polar surface area (TPSA) is 47.8 Å². The summed E-state index contributed by atoms with van der Waals surface area (Å²) in [6, 6.07) is 20.0. The zero-order valence-corrected chi connectivity index (χ0v) is 16.3. The Kier molecular flexibility index (Phi) is 4.88. The van der Waals surface area contributed by atoms with Crippen LogP contribution in [0.1, 0.15) is 0 Å². The fourth-order valence-electron chi connectivity index (χ4n) is 3.22. The zero-order chi connectivity index (χ0) is 19.7. The molecule has 4 rings (SSSR count). The highest BCUT2D eigenvalue weighted by atomic mass is 32.2. The SMILES string of the molecule is Cn1c(S(C)=O)nc(-c2ccc(F)cc2)c1-c1ccnc(-c2ccccc2)c1. The van der Waals surface area contributed by atoms with Crippen molar-refractivity contribution in [1.29, 1.82) is 0 Å². The van der Waals surface area contributed by atoms with Gasteiger partial charge in [0, 0.05) is 36.2 Å². The fourth-order valence-corrected chi connectivity index (χ4v) is 3.92. The summed E-state index contributed by atoms with van der Waals surface area (Å²) in [5.41, 5.74) is 4.99. The molecule has 0 aliphatic carbocycles. The highest BCUT2D eigenvalue weighted by molar-refractivity contribution is 7.84. The van der Waals surface area contributed by atoms with Crippen LogP contribution in [0.2, 0.25) is 0 Å². The lowest BCUT2D eigenvalue weighted by Gasteiger charge is -2.09. The van der Waals surface area contributed by atoms with E-state index in [4.69, 9.17) is 0 Å². The normalized spacial score (nSPS) is 12.1. The van der Waals surface area contributed by atoms with Crippen molar-refractivity contribution in [3.8, 4) is 33.8 Å². The maximum atomic E-state index is 13.4. The number of nitrogens with zero attached hydrogens (tertiary/aromatic N) is 3. The predicted molar refractivity (Wildman–Crippen MR) is 110 cm³/mol. The summed E-state index contributed by atoms with van der Waals surface area (Å²) in [7, 11) is 0.581. The summed E-state index contributed by atoms with van der Waals surface area (Å²) in [5, 5.41) is 0.465. The predicted octanol–water partition coefficient (Wildman–Crippen LogP) is 4.69. The van der Waals surface area contributed by atoms with Crippen LogP contribution >= 0.6 is 0 Å². The summed E-state index contributed by atoms with van der Waals surface area (Å²) < 4.78 is 27.4. The van der Waals surface area contributed by atoms with Crippen LogP contribution in [0.3, 0.4) is 0 Å². The summed E-state index contributed by atoms with van der Waals surface area (Å²) in [6.45, 7) is 0. The first-order valence-corrected chi connectivity index (χ1v) is 10.3. The van der Waals surface area contributed by atoms with Gasteiger partial charge in [-0.05, 0) is 36.4 Å². The van der Waals surface area contributed by atoms with Crippen molar-refractivity contribution < 1.29 is 8.60 Å². The van der Waals surface area contributed by atoms with E-state index in [1.807, 2.05) is 54.1 Å². The average Bonchev–Trinajstić information content (AvgIpc) is 3.07. The van der Waals surface area contributed by atoms with E-state index in [0.29, 0.717) is 10.9 Å². The van der Waals surface area contributed by atoms with Gasteiger partial charge in [-0.3, -0.25) is 9.19 Å². The van der Waals surface area contributed by atoms with Crippen LogP contribution in [0.4, 0.5) is 4.39 Å². The lowest BCUT2D eigenvalue weighted by atomic mass is 10.0. The minimum Gasteiger partial charge on any atom is -0.320 e. The van der Waals surface area contributed by atoms with Gasteiger partial charge in [-0.25, -0.2) is 9.37 Å². The molecule has 0 saturated heterocycles. The van der Waals surface area contributed by atoms with Gasteiger partial charge in [0.25, 0.3) is 0 Å². The number of benzene rings is 2. The second-order valence-electron chi connectivity index (χ2n) is 6.41. The molecule has 28 heavy (non-hydrogen) atoms. The summed E-state index contributed by atoms with van der Waals surface area (Å²) in [5.74, 6) is -0.309. The van der Waals surface area contributed by atoms with Gasteiger partial charge in [-0.2, -0.15) is 0 Å². The Morgan fingerprint density at radius 3 is 2.32 bits per heavy atom. The molecule has 2 aromatic carbocycles. The Morgan fingerprint density at radius 1 is 0.929 bits per heavy atom. The average molecular weight is 391 g/mol. The Labute approximate surface area is 165 Å². The number of aromatic nitrogens is 3. The van der Waals surface area contributed by atoms with E-state index in [-0.39, 0.29) is 5.82 Å². The summed E-state index contributed by atoms with van der Waals surface area (Å²) >= 11 is 0. The van der Waals surface area contributed by atoms with Crippen LogP contribution in [-0.4, -0.2) is 25.0 Å². The fraction of sp³-hybridized carbons (Fsp3) is 0.0909. The molecule has 4 nitrogen and oxygen atoms in total. The molecule has 0 spiro atoms. The first-order valence-electron chi connectivity index (χ1n) is 8.72. The number of hydrogen-bond acceptors (Lipinski definition) is 3.